The molecule has 0 N–H and O–H groups in total. The Bertz CT molecular complexity index is 1610. The van der Waals surface area contributed by atoms with Gasteiger partial charge in [-0.1, -0.05) is 91.8 Å². The van der Waals surface area contributed by atoms with Crippen LogP contribution in [0.5, 0.6) is 0 Å². The molecule has 197 valence electrons. The molecule has 2 aliphatic heterocycles. The Hall–Kier alpha value is -2.03. The average Bonchev–Trinajstić information content (AvgIpc) is 3.60. The number of aryl methyl sites for hydroxylation is 2. The van der Waals surface area contributed by atoms with Crippen molar-refractivity contribution in [1.82, 2.24) is 4.57 Å². The average molecular weight is 647 g/mol. The van der Waals surface area contributed by atoms with Crippen molar-refractivity contribution in [1.29, 1.82) is 0 Å². The number of halogens is 2. The maximum absolute atomic E-state index is 2.51. The van der Waals surface area contributed by atoms with Gasteiger partial charge in [0, 0.05) is 23.1 Å². The molecule has 0 spiro atoms. The Morgan fingerprint density at radius 1 is 0.821 bits per heavy atom. The second kappa shape index (κ2) is 12.2. The van der Waals surface area contributed by atoms with Gasteiger partial charge in [-0.3, -0.25) is 0 Å². The Morgan fingerprint density at radius 2 is 1.51 bits per heavy atom. The Morgan fingerprint density at radius 3 is 2.15 bits per heavy atom. The Kier molecular flexibility index (Phi) is 9.88. The van der Waals surface area contributed by atoms with Crippen molar-refractivity contribution in [3.63, 3.8) is 0 Å². The molecule has 0 fully saturated rings. The van der Waals surface area contributed by atoms with Crippen LogP contribution in [-0.2, 0) is 32.6 Å². The van der Waals surface area contributed by atoms with E-state index >= 15 is 0 Å². The quantitative estimate of drug-likeness (QED) is 0.210. The third kappa shape index (κ3) is 5.24. The molecule has 4 aromatic carbocycles. The van der Waals surface area contributed by atoms with E-state index < -0.39 is 8.07 Å². The minimum atomic E-state index is -1.17. The maximum Gasteiger partial charge on any atom is 3.00 e. The summed E-state index contributed by atoms with van der Waals surface area (Å²) in [6.45, 7) is 11.7. The van der Waals surface area contributed by atoms with Crippen LogP contribution < -0.4 is 24.8 Å². The van der Waals surface area contributed by atoms with Crippen molar-refractivity contribution in [3.8, 4) is 16.8 Å². The van der Waals surface area contributed by atoms with Gasteiger partial charge in [0.2, 0.25) is 0 Å². The molecular weight excluding hydrogens is 613 g/mol. The molecule has 1 aromatic heterocycles. The van der Waals surface area contributed by atoms with Gasteiger partial charge in [0.1, 0.15) is 0 Å². The largest absolute Gasteiger partial charge is 3.00 e. The molecule has 8 rings (SSSR count). The van der Waals surface area contributed by atoms with E-state index in [1.165, 1.54) is 44.3 Å². The van der Waals surface area contributed by atoms with Crippen LogP contribution >= 0.6 is 0 Å². The Labute approximate surface area is 265 Å². The number of para-hydroxylation sites is 1. The predicted molar refractivity (Wildman–Crippen MR) is 158 cm³/mol. The molecule has 3 heterocycles. The fourth-order valence-corrected chi connectivity index (χ4v) is 11.0. The van der Waals surface area contributed by atoms with Crippen LogP contribution in [0.3, 0.4) is 0 Å². The summed E-state index contributed by atoms with van der Waals surface area (Å²) in [4.78, 5) is 0. The summed E-state index contributed by atoms with van der Waals surface area (Å²) in [5, 5.41) is 4.42. The van der Waals surface area contributed by atoms with Crippen molar-refractivity contribution >= 4 is 24.0 Å². The summed E-state index contributed by atoms with van der Waals surface area (Å²) in [5.74, 6) is 0. The van der Waals surface area contributed by atoms with Crippen molar-refractivity contribution < 1.29 is 51.0 Å². The fourth-order valence-electron chi connectivity index (χ4n) is 6.69. The van der Waals surface area contributed by atoms with E-state index in [2.05, 4.69) is 136 Å². The van der Waals surface area contributed by atoms with Gasteiger partial charge in [-0.2, -0.15) is 6.07 Å². The van der Waals surface area contributed by atoms with Gasteiger partial charge in [0.05, 0.1) is 8.07 Å². The molecule has 3 aliphatic rings. The Balaban J connectivity index is 0.000000200. The first-order valence-electron chi connectivity index (χ1n) is 13.1. The number of hydrogen-bond acceptors (Lipinski definition) is 0. The second-order valence-electron chi connectivity index (χ2n) is 10.9. The van der Waals surface area contributed by atoms with Crippen LogP contribution in [0.4, 0.5) is 0 Å². The van der Waals surface area contributed by atoms with Crippen LogP contribution in [0.2, 0.25) is 13.1 Å². The third-order valence-corrected chi connectivity index (χ3v) is 12.4. The van der Waals surface area contributed by atoms with Gasteiger partial charge >= 0.3 is 26.2 Å². The number of aromatic nitrogens is 1. The fraction of sp³-hybridized carbons (Fsp3) is 0.206. The normalized spacial score (nSPS) is 15.7. The zero-order valence-corrected chi connectivity index (χ0v) is 28.2. The number of rotatable bonds is 3. The van der Waals surface area contributed by atoms with Gasteiger partial charge in [-0.25, -0.2) is 0 Å². The van der Waals surface area contributed by atoms with E-state index in [0.29, 0.717) is 0 Å². The number of nitrogens with zero attached hydrogens (tertiary/aromatic N) is 1. The van der Waals surface area contributed by atoms with Crippen molar-refractivity contribution in [3.05, 3.63) is 125 Å². The van der Waals surface area contributed by atoms with Crippen LogP contribution in [-0.4, -0.2) is 12.6 Å². The smallest absolute Gasteiger partial charge is 1.00 e. The third-order valence-electron chi connectivity index (χ3n) is 8.26. The molecule has 0 saturated carbocycles. The maximum atomic E-state index is 2.51. The monoisotopic (exact) mass is 644 g/mol. The summed E-state index contributed by atoms with van der Waals surface area (Å²) in [6.07, 6.45) is 3.34. The van der Waals surface area contributed by atoms with Gasteiger partial charge in [0.25, 0.3) is 0 Å². The molecule has 5 aromatic rings. The molecule has 2 bridgehead atoms. The van der Waals surface area contributed by atoms with Crippen molar-refractivity contribution in [2.45, 2.75) is 45.8 Å². The van der Waals surface area contributed by atoms with E-state index in [-0.39, 0.29) is 51.0 Å². The topological polar surface area (TPSA) is 4.93 Å². The van der Waals surface area contributed by atoms with Crippen LogP contribution in [0.25, 0.3) is 32.8 Å². The first-order valence-corrected chi connectivity index (χ1v) is 16.2. The van der Waals surface area contributed by atoms with E-state index in [1.54, 1.807) is 16.5 Å². The molecule has 1 nitrogen and oxygen atoms in total. The number of allylic oxidation sites excluding steroid dienone is 1. The molecule has 1 radical (unpaired) electrons. The molecule has 39 heavy (non-hydrogen) atoms. The molecule has 1 atom stereocenters. The summed E-state index contributed by atoms with van der Waals surface area (Å²) in [7, 11) is -1.17. The van der Waals surface area contributed by atoms with Gasteiger partial charge in [-0.05, 0) is 48.2 Å². The number of hydrogen-bond donors (Lipinski definition) is 0. The minimum absolute atomic E-state index is 0. The van der Waals surface area contributed by atoms with E-state index in [0.717, 1.165) is 12.0 Å². The van der Waals surface area contributed by atoms with Gasteiger partial charge in [-0.15, -0.1) is 34.5 Å². The summed E-state index contributed by atoms with van der Waals surface area (Å²) in [6, 6.07) is 33.0. The minimum Gasteiger partial charge on any atom is -1.00 e. The van der Waals surface area contributed by atoms with Gasteiger partial charge < -0.3 is 29.4 Å². The zero-order chi connectivity index (χ0) is 25.0. The number of fused-ring (bicyclic) bond motifs is 1. The van der Waals surface area contributed by atoms with E-state index in [1.807, 2.05) is 0 Å². The first kappa shape index (κ1) is 31.5. The number of benzene rings is 3. The van der Waals surface area contributed by atoms with Gasteiger partial charge in [0.15, 0.2) is 0 Å². The van der Waals surface area contributed by atoms with Crippen LogP contribution in [0.1, 0.15) is 41.8 Å². The summed E-state index contributed by atoms with van der Waals surface area (Å²) in [5.41, 5.74) is 12.2. The predicted octanol–water partition coefficient (Wildman–Crippen LogP) is 3.25. The molecule has 1 unspecified atom stereocenters. The molecule has 1 aliphatic carbocycles. The van der Waals surface area contributed by atoms with Crippen molar-refractivity contribution in [2.75, 3.05) is 0 Å². The van der Waals surface area contributed by atoms with E-state index in [9.17, 15) is 0 Å². The zero-order valence-electron chi connectivity index (χ0n) is 23.2. The first-order chi connectivity index (χ1) is 17.4. The van der Waals surface area contributed by atoms with Crippen LogP contribution in [0.15, 0.2) is 103 Å². The standard InChI is InChI=1S/C18H17.C16H17NSi.2ClH.Zr/c1-3-14-7-9-15(10-8-14)17-6-4-5-16-11-13(2)12-18(16)17;1-11-15-13-9-10-17(12-7-5-4-6-8-12)14(13)16(11)18(15,2)3;;;/h4-12H,3H2,1-2H3;4-10,16H,1-3H3;2*1H;/q-1;;;;+3/p-2. The van der Waals surface area contributed by atoms with Crippen molar-refractivity contribution in [2.24, 2.45) is 0 Å². The summed E-state index contributed by atoms with van der Waals surface area (Å²) >= 11 is 0. The molecule has 5 heteroatoms. The van der Waals surface area contributed by atoms with Crippen LogP contribution in [0, 0.1) is 6.92 Å². The summed E-state index contributed by atoms with van der Waals surface area (Å²) < 4.78 is 2.40. The van der Waals surface area contributed by atoms with E-state index in [4.69, 9.17) is 0 Å². The molecular formula is C34H34Cl2NSiZr. The SMILES string of the molecule is CC1=C2c3ccn(-c4ccccc4)c3C1[Si]2(C)C.CCc1ccc(-c2cccc3[cH-]c(C)cc23)cc1.[Cl-].[Cl-].[Zr+3]. The molecule has 0 saturated heterocycles. The second-order valence-corrected chi connectivity index (χ2v) is 15.4. The molecule has 0 amide bonds.